The Bertz CT molecular complexity index is 587. The van der Waals surface area contributed by atoms with Crippen LogP contribution in [0.1, 0.15) is 30.3 Å². The summed E-state index contributed by atoms with van der Waals surface area (Å²) in [5, 5.41) is 10.8. The highest BCUT2D eigenvalue weighted by Gasteiger charge is 2.25. The van der Waals surface area contributed by atoms with E-state index in [1.54, 1.807) is 0 Å². The topological polar surface area (TPSA) is 67.0 Å². The van der Waals surface area contributed by atoms with Crippen LogP contribution in [0, 0.1) is 0 Å². The summed E-state index contributed by atoms with van der Waals surface area (Å²) in [6, 6.07) is 7.62. The van der Waals surface area contributed by atoms with Crippen molar-refractivity contribution in [3.8, 4) is 0 Å². The molecule has 1 aliphatic rings. The largest absolute Gasteiger partial charge is 0.376 e. The van der Waals surface area contributed by atoms with E-state index in [2.05, 4.69) is 15.5 Å². The first-order valence-corrected chi connectivity index (χ1v) is 6.61. The normalized spacial score (nSPS) is 20.6. The predicted molar refractivity (Wildman–Crippen MR) is 72.0 cm³/mol. The van der Waals surface area contributed by atoms with Crippen LogP contribution < -0.4 is 5.32 Å². The maximum absolute atomic E-state index is 12.2. The Morgan fingerprint density at radius 1 is 1.53 bits per heavy atom. The van der Waals surface area contributed by atoms with Gasteiger partial charge in [0.25, 0.3) is 5.91 Å². The van der Waals surface area contributed by atoms with Gasteiger partial charge < -0.3 is 10.1 Å². The number of H-pyrrole nitrogens is 1. The maximum Gasteiger partial charge on any atom is 0.272 e. The van der Waals surface area contributed by atoms with E-state index in [9.17, 15) is 4.79 Å². The second-order valence-electron chi connectivity index (χ2n) is 4.93. The summed E-state index contributed by atoms with van der Waals surface area (Å²) in [5.41, 5.74) is 1.32. The molecule has 1 saturated heterocycles. The lowest BCUT2D eigenvalue weighted by Crippen LogP contribution is -2.41. The van der Waals surface area contributed by atoms with E-state index in [1.807, 2.05) is 31.2 Å². The fourth-order valence-corrected chi connectivity index (χ4v) is 2.50. The summed E-state index contributed by atoms with van der Waals surface area (Å²) in [6.07, 6.45) is 2.19. The highest BCUT2D eigenvalue weighted by atomic mass is 16.5. The maximum atomic E-state index is 12.2. The first kappa shape index (κ1) is 12.2. The van der Waals surface area contributed by atoms with Gasteiger partial charge in [0.1, 0.15) is 0 Å². The standard InChI is InChI=1S/C14H17N3O2/c1-9(12-7-4-8-19-12)15-14(18)13-10-5-2-3-6-11(10)16-17-13/h2-3,5-6,9,12H,4,7-8H2,1H3,(H,15,18)(H,16,17)/t9-,12+/m1/s1. The fraction of sp³-hybridized carbons (Fsp3) is 0.429. The number of carbonyl (C=O) groups is 1. The van der Waals surface area contributed by atoms with Crippen LogP contribution in [0.2, 0.25) is 0 Å². The van der Waals surface area contributed by atoms with E-state index in [-0.39, 0.29) is 18.1 Å². The molecule has 19 heavy (non-hydrogen) atoms. The molecule has 1 fully saturated rings. The molecule has 1 aromatic carbocycles. The number of fused-ring (bicyclic) bond motifs is 1. The molecule has 1 aromatic heterocycles. The van der Waals surface area contributed by atoms with Crippen LogP contribution >= 0.6 is 0 Å². The molecule has 2 aromatic rings. The number of para-hydroxylation sites is 1. The predicted octanol–water partition coefficient (Wildman–Crippen LogP) is 1.86. The van der Waals surface area contributed by atoms with Gasteiger partial charge in [-0.3, -0.25) is 9.89 Å². The van der Waals surface area contributed by atoms with Gasteiger partial charge in [0.2, 0.25) is 0 Å². The summed E-state index contributed by atoms with van der Waals surface area (Å²) >= 11 is 0. The number of benzene rings is 1. The van der Waals surface area contributed by atoms with Crippen molar-refractivity contribution in [1.29, 1.82) is 0 Å². The summed E-state index contributed by atoms with van der Waals surface area (Å²) in [4.78, 5) is 12.2. The number of aromatic amines is 1. The lowest BCUT2D eigenvalue weighted by molar-refractivity contribution is 0.0710. The number of rotatable bonds is 3. The molecule has 0 spiro atoms. The molecule has 100 valence electrons. The van der Waals surface area contributed by atoms with Crippen molar-refractivity contribution in [3.05, 3.63) is 30.0 Å². The van der Waals surface area contributed by atoms with Crippen molar-refractivity contribution in [2.75, 3.05) is 6.61 Å². The summed E-state index contributed by atoms with van der Waals surface area (Å²) < 4.78 is 5.58. The van der Waals surface area contributed by atoms with Gasteiger partial charge in [0, 0.05) is 12.0 Å². The Labute approximate surface area is 111 Å². The minimum absolute atomic E-state index is 0.00506. The number of carbonyl (C=O) groups excluding carboxylic acids is 1. The van der Waals surface area contributed by atoms with Crippen molar-refractivity contribution < 1.29 is 9.53 Å². The van der Waals surface area contributed by atoms with Crippen LogP contribution in [0.5, 0.6) is 0 Å². The fourth-order valence-electron chi connectivity index (χ4n) is 2.50. The van der Waals surface area contributed by atoms with Crippen LogP contribution in [0.4, 0.5) is 0 Å². The van der Waals surface area contributed by atoms with E-state index in [4.69, 9.17) is 4.74 Å². The molecule has 1 amide bonds. The monoisotopic (exact) mass is 259 g/mol. The van der Waals surface area contributed by atoms with Gasteiger partial charge in [-0.2, -0.15) is 5.10 Å². The van der Waals surface area contributed by atoms with Crippen LogP contribution in [0.15, 0.2) is 24.3 Å². The zero-order valence-electron chi connectivity index (χ0n) is 10.8. The SMILES string of the molecule is C[C@@H](NC(=O)c1n[nH]c2ccccc12)[C@@H]1CCCO1. The molecule has 5 nitrogen and oxygen atoms in total. The Balaban J connectivity index is 1.76. The van der Waals surface area contributed by atoms with Gasteiger partial charge in [0.15, 0.2) is 5.69 Å². The molecule has 0 radical (unpaired) electrons. The van der Waals surface area contributed by atoms with Crippen molar-refractivity contribution in [1.82, 2.24) is 15.5 Å². The van der Waals surface area contributed by atoms with Crippen molar-refractivity contribution in [3.63, 3.8) is 0 Å². The number of nitrogens with zero attached hydrogens (tertiary/aromatic N) is 1. The van der Waals surface area contributed by atoms with Crippen molar-refractivity contribution in [2.45, 2.75) is 31.9 Å². The third kappa shape index (κ3) is 2.33. The Hall–Kier alpha value is -1.88. The molecule has 2 heterocycles. The average molecular weight is 259 g/mol. The van der Waals surface area contributed by atoms with Gasteiger partial charge in [-0.05, 0) is 25.8 Å². The Morgan fingerprint density at radius 2 is 2.37 bits per heavy atom. The van der Waals surface area contributed by atoms with Crippen LogP contribution in [-0.4, -0.2) is 34.9 Å². The number of nitrogens with one attached hydrogen (secondary N) is 2. The lowest BCUT2D eigenvalue weighted by Gasteiger charge is -2.19. The van der Waals surface area contributed by atoms with Crippen LogP contribution in [0.3, 0.4) is 0 Å². The zero-order chi connectivity index (χ0) is 13.2. The van der Waals surface area contributed by atoms with E-state index >= 15 is 0 Å². The third-order valence-electron chi connectivity index (χ3n) is 3.57. The first-order chi connectivity index (χ1) is 9.25. The first-order valence-electron chi connectivity index (χ1n) is 6.61. The van der Waals surface area contributed by atoms with E-state index in [1.165, 1.54) is 0 Å². The van der Waals surface area contributed by atoms with Crippen molar-refractivity contribution in [2.24, 2.45) is 0 Å². The second-order valence-corrected chi connectivity index (χ2v) is 4.93. The number of ether oxygens (including phenoxy) is 1. The minimum atomic E-state index is -0.152. The molecule has 0 saturated carbocycles. The van der Waals surface area contributed by atoms with Crippen LogP contribution in [-0.2, 0) is 4.74 Å². The Morgan fingerprint density at radius 3 is 3.16 bits per heavy atom. The van der Waals surface area contributed by atoms with Gasteiger partial charge >= 0.3 is 0 Å². The molecule has 1 aliphatic heterocycles. The zero-order valence-corrected chi connectivity index (χ0v) is 10.8. The second kappa shape index (κ2) is 5.01. The summed E-state index contributed by atoms with van der Waals surface area (Å²) in [6.45, 7) is 2.76. The number of amides is 1. The minimum Gasteiger partial charge on any atom is -0.376 e. The van der Waals surface area contributed by atoms with Gasteiger partial charge in [-0.15, -0.1) is 0 Å². The summed E-state index contributed by atoms with van der Waals surface area (Å²) in [5.74, 6) is -0.152. The van der Waals surface area contributed by atoms with Gasteiger partial charge in [-0.25, -0.2) is 0 Å². The summed E-state index contributed by atoms with van der Waals surface area (Å²) in [7, 11) is 0. The highest BCUT2D eigenvalue weighted by Crippen LogP contribution is 2.18. The molecule has 5 heteroatoms. The molecular formula is C14H17N3O2. The van der Waals surface area contributed by atoms with Crippen LogP contribution in [0.25, 0.3) is 10.9 Å². The third-order valence-corrected chi connectivity index (χ3v) is 3.57. The Kier molecular flexibility index (Phi) is 3.21. The quantitative estimate of drug-likeness (QED) is 0.884. The smallest absolute Gasteiger partial charge is 0.272 e. The molecule has 2 atom stereocenters. The van der Waals surface area contributed by atoms with Gasteiger partial charge in [-0.1, -0.05) is 18.2 Å². The van der Waals surface area contributed by atoms with Gasteiger partial charge in [0.05, 0.1) is 17.7 Å². The molecule has 2 N–H and O–H groups in total. The molecule has 0 aliphatic carbocycles. The molecule has 0 unspecified atom stereocenters. The molecule has 3 rings (SSSR count). The number of aromatic nitrogens is 2. The highest BCUT2D eigenvalue weighted by molar-refractivity contribution is 6.04. The van der Waals surface area contributed by atoms with E-state index in [0.29, 0.717) is 5.69 Å². The van der Waals surface area contributed by atoms with E-state index < -0.39 is 0 Å². The number of hydrogen-bond acceptors (Lipinski definition) is 3. The van der Waals surface area contributed by atoms with Crippen molar-refractivity contribution >= 4 is 16.8 Å². The number of hydrogen-bond donors (Lipinski definition) is 2. The molecule has 0 bridgehead atoms. The molecular weight excluding hydrogens is 242 g/mol. The van der Waals surface area contributed by atoms with E-state index in [0.717, 1.165) is 30.4 Å². The average Bonchev–Trinajstić information content (AvgIpc) is 3.08. The lowest BCUT2D eigenvalue weighted by atomic mass is 10.1.